The van der Waals surface area contributed by atoms with Crippen molar-refractivity contribution in [3.05, 3.63) is 63.6 Å². The molecule has 1 aliphatic rings. The summed E-state index contributed by atoms with van der Waals surface area (Å²) in [6, 6.07) is 13.6. The number of methoxy groups -OCH3 is 2. The van der Waals surface area contributed by atoms with Crippen LogP contribution >= 0.6 is 22.9 Å². The molecule has 1 fully saturated rings. The second-order valence-corrected chi connectivity index (χ2v) is 9.13. The normalized spacial score (nSPS) is 14.4. The number of thiazole rings is 1. The van der Waals surface area contributed by atoms with Crippen molar-refractivity contribution in [2.45, 2.75) is 13.5 Å². The number of rotatable bonds is 6. The van der Waals surface area contributed by atoms with E-state index in [-0.39, 0.29) is 5.91 Å². The van der Waals surface area contributed by atoms with E-state index in [4.69, 9.17) is 21.1 Å². The van der Waals surface area contributed by atoms with Crippen LogP contribution in [0.3, 0.4) is 0 Å². The van der Waals surface area contributed by atoms with Crippen LogP contribution in [0.25, 0.3) is 10.6 Å². The van der Waals surface area contributed by atoms with E-state index in [2.05, 4.69) is 22.0 Å². The average Bonchev–Trinajstić information content (AvgIpc) is 3.21. The summed E-state index contributed by atoms with van der Waals surface area (Å²) in [6.07, 6.45) is 0. The van der Waals surface area contributed by atoms with Crippen molar-refractivity contribution < 1.29 is 14.3 Å². The summed E-state index contributed by atoms with van der Waals surface area (Å²) in [5, 5.41) is 1.55. The molecule has 0 radical (unpaired) electrons. The zero-order valence-electron chi connectivity index (χ0n) is 18.4. The number of aromatic nitrogens is 1. The molecule has 0 atom stereocenters. The maximum absolute atomic E-state index is 13.2. The summed E-state index contributed by atoms with van der Waals surface area (Å²) in [5.41, 5.74) is 2.89. The maximum Gasteiger partial charge on any atom is 0.265 e. The molecule has 168 valence electrons. The largest absolute Gasteiger partial charge is 0.493 e. The van der Waals surface area contributed by atoms with Crippen molar-refractivity contribution >= 4 is 28.8 Å². The first-order valence-corrected chi connectivity index (χ1v) is 11.6. The van der Waals surface area contributed by atoms with Gasteiger partial charge in [-0.2, -0.15) is 0 Å². The quantitative estimate of drug-likeness (QED) is 0.519. The summed E-state index contributed by atoms with van der Waals surface area (Å²) in [5.74, 6) is 1.36. The molecule has 32 heavy (non-hydrogen) atoms. The molecule has 0 aliphatic carbocycles. The zero-order chi connectivity index (χ0) is 22.7. The second kappa shape index (κ2) is 9.90. The molecular weight excluding hydrogens is 446 g/mol. The van der Waals surface area contributed by atoms with Crippen molar-refractivity contribution in [3.63, 3.8) is 0 Å². The molecule has 1 saturated heterocycles. The van der Waals surface area contributed by atoms with Gasteiger partial charge >= 0.3 is 0 Å². The summed E-state index contributed by atoms with van der Waals surface area (Å²) in [7, 11) is 3.22. The third kappa shape index (κ3) is 4.90. The molecule has 0 N–H and O–H groups in total. The van der Waals surface area contributed by atoms with E-state index in [9.17, 15) is 4.79 Å². The Labute approximate surface area is 197 Å². The Bertz CT molecular complexity index is 1090. The van der Waals surface area contributed by atoms with Crippen LogP contribution in [0.1, 0.15) is 20.9 Å². The Hall–Kier alpha value is -2.61. The van der Waals surface area contributed by atoms with Crippen LogP contribution in [0.4, 0.5) is 0 Å². The van der Waals surface area contributed by atoms with Crippen molar-refractivity contribution in [2.75, 3.05) is 40.4 Å². The molecular formula is C24H26ClN3O3S. The number of carbonyl (C=O) groups is 1. The second-order valence-electron chi connectivity index (χ2n) is 7.70. The number of nitrogens with zero attached hydrogens (tertiary/aromatic N) is 3. The third-order valence-corrected chi connectivity index (χ3v) is 7.05. The van der Waals surface area contributed by atoms with Gasteiger partial charge in [-0.15, -0.1) is 11.3 Å². The highest BCUT2D eigenvalue weighted by Crippen LogP contribution is 2.35. The van der Waals surface area contributed by atoms with E-state index in [0.29, 0.717) is 29.5 Å². The molecule has 0 spiro atoms. The Morgan fingerprint density at radius 3 is 2.38 bits per heavy atom. The van der Waals surface area contributed by atoms with Gasteiger partial charge in [-0.05, 0) is 42.8 Å². The molecule has 4 rings (SSSR count). The maximum atomic E-state index is 13.2. The van der Waals surface area contributed by atoms with Crippen LogP contribution < -0.4 is 9.47 Å². The van der Waals surface area contributed by atoms with E-state index in [1.165, 1.54) is 16.9 Å². The summed E-state index contributed by atoms with van der Waals surface area (Å²) in [6.45, 7) is 5.85. The van der Waals surface area contributed by atoms with Gasteiger partial charge < -0.3 is 14.4 Å². The molecule has 1 aromatic heterocycles. The summed E-state index contributed by atoms with van der Waals surface area (Å²) >= 11 is 7.40. The first-order valence-electron chi connectivity index (χ1n) is 10.4. The smallest absolute Gasteiger partial charge is 0.265 e. The number of aryl methyl sites for hydroxylation is 1. The fraction of sp³-hybridized carbons (Fsp3) is 0.333. The number of hydrogen-bond donors (Lipinski definition) is 0. The molecule has 3 aromatic rings. The molecule has 6 nitrogen and oxygen atoms in total. The van der Waals surface area contributed by atoms with Gasteiger partial charge in [0.25, 0.3) is 5.91 Å². The van der Waals surface area contributed by atoms with E-state index in [1.807, 2.05) is 42.2 Å². The van der Waals surface area contributed by atoms with Gasteiger partial charge in [-0.1, -0.05) is 23.7 Å². The van der Waals surface area contributed by atoms with E-state index < -0.39 is 0 Å². The van der Waals surface area contributed by atoms with Crippen LogP contribution in [0.5, 0.6) is 11.5 Å². The lowest BCUT2D eigenvalue weighted by Gasteiger charge is -2.34. The minimum Gasteiger partial charge on any atom is -0.493 e. The number of ether oxygens (including phenoxy) is 2. The SMILES string of the molecule is COc1ccc(-c2nc(C)c(C(=O)N3CCN(Cc4ccc(Cl)cc4)CC3)s2)cc1OC. The standard InChI is InChI=1S/C24H26ClN3O3S/c1-16-22(32-23(26-16)18-6-9-20(30-2)21(14-18)31-3)24(29)28-12-10-27(11-13-28)15-17-4-7-19(25)8-5-17/h4-9,14H,10-13,15H2,1-3H3. The molecule has 0 bridgehead atoms. The van der Waals surface area contributed by atoms with Gasteiger partial charge in [0.15, 0.2) is 11.5 Å². The van der Waals surface area contributed by atoms with Crippen molar-refractivity contribution in [1.29, 1.82) is 0 Å². The molecule has 8 heteroatoms. The molecule has 2 aromatic carbocycles. The monoisotopic (exact) mass is 471 g/mol. The van der Waals surface area contributed by atoms with Crippen LogP contribution in [-0.4, -0.2) is 61.1 Å². The highest BCUT2D eigenvalue weighted by Gasteiger charge is 2.26. The van der Waals surface area contributed by atoms with Gasteiger partial charge in [0.05, 0.1) is 19.9 Å². The Balaban J connectivity index is 1.42. The Morgan fingerprint density at radius 1 is 1.03 bits per heavy atom. The van der Waals surface area contributed by atoms with Gasteiger partial charge in [-0.25, -0.2) is 4.98 Å². The van der Waals surface area contributed by atoms with Gasteiger partial charge in [0.1, 0.15) is 9.88 Å². The average molecular weight is 472 g/mol. The Kier molecular flexibility index (Phi) is 6.98. The molecule has 1 amide bonds. The number of piperazine rings is 1. The predicted molar refractivity (Wildman–Crippen MR) is 128 cm³/mol. The number of amides is 1. The minimum atomic E-state index is 0.0536. The molecule has 2 heterocycles. The minimum absolute atomic E-state index is 0.0536. The van der Waals surface area contributed by atoms with Gasteiger partial charge in [-0.3, -0.25) is 9.69 Å². The van der Waals surface area contributed by atoms with Crippen LogP contribution in [0, 0.1) is 6.92 Å². The van der Waals surface area contributed by atoms with E-state index in [1.54, 1.807) is 14.2 Å². The third-order valence-electron chi connectivity index (χ3n) is 5.60. The van der Waals surface area contributed by atoms with E-state index in [0.717, 1.165) is 40.9 Å². The first-order chi connectivity index (χ1) is 15.5. The number of benzene rings is 2. The van der Waals surface area contributed by atoms with Crippen molar-refractivity contribution in [1.82, 2.24) is 14.8 Å². The fourth-order valence-electron chi connectivity index (χ4n) is 3.79. The topological polar surface area (TPSA) is 54.9 Å². The molecule has 0 saturated carbocycles. The highest BCUT2D eigenvalue weighted by atomic mass is 35.5. The number of carbonyl (C=O) groups excluding carboxylic acids is 1. The highest BCUT2D eigenvalue weighted by molar-refractivity contribution is 7.17. The first kappa shape index (κ1) is 22.6. The summed E-state index contributed by atoms with van der Waals surface area (Å²) < 4.78 is 10.7. The summed E-state index contributed by atoms with van der Waals surface area (Å²) in [4.78, 5) is 22.9. The zero-order valence-corrected chi connectivity index (χ0v) is 20.0. The van der Waals surface area contributed by atoms with Crippen molar-refractivity contribution in [3.8, 4) is 22.1 Å². The van der Waals surface area contributed by atoms with E-state index >= 15 is 0 Å². The van der Waals surface area contributed by atoms with Crippen LogP contribution in [0.15, 0.2) is 42.5 Å². The predicted octanol–water partition coefficient (Wildman–Crippen LogP) is 4.75. The van der Waals surface area contributed by atoms with Gasteiger partial charge in [0.2, 0.25) is 0 Å². The van der Waals surface area contributed by atoms with Gasteiger partial charge in [0, 0.05) is 43.3 Å². The number of hydrogen-bond acceptors (Lipinski definition) is 6. The van der Waals surface area contributed by atoms with Crippen molar-refractivity contribution in [2.24, 2.45) is 0 Å². The lowest BCUT2D eigenvalue weighted by atomic mass is 10.2. The lowest BCUT2D eigenvalue weighted by Crippen LogP contribution is -2.48. The lowest BCUT2D eigenvalue weighted by molar-refractivity contribution is 0.0632. The molecule has 1 aliphatic heterocycles. The van der Waals surface area contributed by atoms with Crippen LogP contribution in [-0.2, 0) is 6.54 Å². The Morgan fingerprint density at radius 2 is 1.72 bits per heavy atom. The number of halogens is 1. The molecule has 0 unspecified atom stereocenters. The fourth-order valence-corrected chi connectivity index (χ4v) is 4.94. The van der Waals surface area contributed by atoms with Crippen LogP contribution in [0.2, 0.25) is 5.02 Å².